The summed E-state index contributed by atoms with van der Waals surface area (Å²) in [6.07, 6.45) is 19.0. The van der Waals surface area contributed by atoms with Gasteiger partial charge in [-0.05, 0) is 66.8 Å². The van der Waals surface area contributed by atoms with E-state index in [0.29, 0.717) is 6.54 Å². The van der Waals surface area contributed by atoms with E-state index in [0.717, 1.165) is 50.0 Å². The first-order chi connectivity index (χ1) is 18.3. The highest BCUT2D eigenvalue weighted by Crippen LogP contribution is 2.28. The minimum absolute atomic E-state index is 0.124. The van der Waals surface area contributed by atoms with Crippen molar-refractivity contribution in [3.63, 3.8) is 0 Å². The van der Waals surface area contributed by atoms with Crippen LogP contribution < -0.4 is 0 Å². The minimum atomic E-state index is 0.124. The number of aromatic nitrogens is 6. The highest BCUT2D eigenvalue weighted by atomic mass is 15.5. The van der Waals surface area contributed by atoms with Crippen LogP contribution in [0.25, 0.3) is 5.70 Å². The van der Waals surface area contributed by atoms with Crippen LogP contribution in [-0.2, 0) is 6.54 Å². The van der Waals surface area contributed by atoms with Gasteiger partial charge < -0.3 is 0 Å². The zero-order chi connectivity index (χ0) is 25.3. The monoisotopic (exact) mass is 500 g/mol. The van der Waals surface area contributed by atoms with Gasteiger partial charge in [-0.3, -0.25) is 9.80 Å². The molecule has 3 heterocycles. The Hall–Kier alpha value is -3.10. The average Bonchev–Trinajstić information content (AvgIpc) is 3.70. The molecule has 1 atom stereocenters. The average molecular weight is 501 g/mol. The summed E-state index contributed by atoms with van der Waals surface area (Å²) in [4.78, 5) is 5.36. The standard InChI is InChI=1S/C29H40N8/c1-2-11-27(36-21-9-18-30-36)16-8-17-28(29-31-32-33-37(29)24-25-12-4-3-5-13-25)35-20-10-19-34(22-23-35)26-14-6-7-15-26/h3-5,8-9,11-13,16,18,21,26,28H,2,6-7,10,14-15,17,19-20,22-24H2,1H3/b16-8-,27-11+. The summed E-state index contributed by atoms with van der Waals surface area (Å²) in [5.41, 5.74) is 2.30. The molecular weight excluding hydrogens is 460 g/mol. The Bertz CT molecular complexity index is 1130. The molecule has 1 saturated carbocycles. The fourth-order valence-corrected chi connectivity index (χ4v) is 5.83. The van der Waals surface area contributed by atoms with E-state index in [1.807, 2.05) is 33.9 Å². The Balaban J connectivity index is 1.37. The van der Waals surface area contributed by atoms with E-state index in [1.54, 1.807) is 0 Å². The Morgan fingerprint density at radius 2 is 1.89 bits per heavy atom. The second-order valence-electron chi connectivity index (χ2n) is 10.2. The normalized spacial score (nSPS) is 19.5. The molecule has 8 heteroatoms. The Morgan fingerprint density at radius 1 is 1.03 bits per heavy atom. The van der Waals surface area contributed by atoms with Crippen LogP contribution >= 0.6 is 0 Å². The molecule has 1 aromatic carbocycles. The largest absolute Gasteiger partial charge is 0.299 e. The summed E-state index contributed by atoms with van der Waals surface area (Å²) < 4.78 is 3.92. The van der Waals surface area contributed by atoms with Gasteiger partial charge in [0.1, 0.15) is 0 Å². The SMILES string of the molecule is CC/C=C(\C=C/CC(c1nnnn1Cc1ccccc1)N1CCCN(C2CCCC2)CC1)n1cccn1. The first-order valence-electron chi connectivity index (χ1n) is 14.0. The van der Waals surface area contributed by atoms with Crippen molar-refractivity contribution in [1.29, 1.82) is 0 Å². The van der Waals surface area contributed by atoms with Crippen molar-refractivity contribution >= 4 is 5.70 Å². The minimum Gasteiger partial charge on any atom is -0.299 e. The van der Waals surface area contributed by atoms with Gasteiger partial charge >= 0.3 is 0 Å². The zero-order valence-electron chi connectivity index (χ0n) is 22.1. The van der Waals surface area contributed by atoms with E-state index in [9.17, 15) is 0 Å². The van der Waals surface area contributed by atoms with E-state index in [-0.39, 0.29) is 6.04 Å². The Kier molecular flexibility index (Phi) is 8.92. The summed E-state index contributed by atoms with van der Waals surface area (Å²) >= 11 is 0. The molecule has 1 aliphatic carbocycles. The van der Waals surface area contributed by atoms with Crippen LogP contribution in [0.5, 0.6) is 0 Å². The number of nitrogens with zero attached hydrogens (tertiary/aromatic N) is 8. The van der Waals surface area contributed by atoms with Gasteiger partial charge in [0.05, 0.1) is 18.3 Å². The predicted molar refractivity (Wildman–Crippen MR) is 147 cm³/mol. The van der Waals surface area contributed by atoms with Crippen molar-refractivity contribution in [3.8, 4) is 0 Å². The molecule has 196 valence electrons. The highest BCUT2D eigenvalue weighted by molar-refractivity contribution is 5.55. The van der Waals surface area contributed by atoms with Gasteiger partial charge in [-0.15, -0.1) is 5.10 Å². The third-order valence-corrected chi connectivity index (χ3v) is 7.71. The molecule has 2 aromatic heterocycles. The van der Waals surface area contributed by atoms with Crippen molar-refractivity contribution in [2.45, 2.75) is 70.5 Å². The molecule has 1 unspecified atom stereocenters. The molecule has 3 aromatic rings. The van der Waals surface area contributed by atoms with Gasteiger partial charge in [-0.1, -0.05) is 62.2 Å². The smallest absolute Gasteiger partial charge is 0.169 e. The molecule has 0 spiro atoms. The van der Waals surface area contributed by atoms with E-state index < -0.39 is 0 Å². The van der Waals surface area contributed by atoms with E-state index in [1.165, 1.54) is 44.2 Å². The summed E-state index contributed by atoms with van der Waals surface area (Å²) in [6.45, 7) is 7.27. The maximum Gasteiger partial charge on any atom is 0.169 e. The number of hydrogen-bond donors (Lipinski definition) is 0. The van der Waals surface area contributed by atoms with Crippen LogP contribution in [0.15, 0.2) is 67.0 Å². The quantitative estimate of drug-likeness (QED) is 0.372. The number of benzene rings is 1. The Morgan fingerprint density at radius 3 is 2.68 bits per heavy atom. The maximum atomic E-state index is 4.58. The second kappa shape index (κ2) is 12.9. The molecule has 0 N–H and O–H groups in total. The fourth-order valence-electron chi connectivity index (χ4n) is 5.83. The first-order valence-corrected chi connectivity index (χ1v) is 14.0. The molecular formula is C29H40N8. The summed E-state index contributed by atoms with van der Waals surface area (Å²) in [6, 6.07) is 13.3. The van der Waals surface area contributed by atoms with Crippen LogP contribution in [0.2, 0.25) is 0 Å². The summed E-state index contributed by atoms with van der Waals surface area (Å²) in [5.74, 6) is 0.947. The molecule has 0 radical (unpaired) electrons. The number of tetrazole rings is 1. The second-order valence-corrected chi connectivity index (χ2v) is 10.2. The van der Waals surface area contributed by atoms with Gasteiger partial charge in [-0.2, -0.15) is 5.10 Å². The van der Waals surface area contributed by atoms with Crippen LogP contribution in [0.1, 0.15) is 69.3 Å². The van der Waals surface area contributed by atoms with Crippen LogP contribution in [-0.4, -0.2) is 72.0 Å². The van der Waals surface area contributed by atoms with Crippen LogP contribution in [0.4, 0.5) is 0 Å². The summed E-state index contributed by atoms with van der Waals surface area (Å²) in [7, 11) is 0. The molecule has 37 heavy (non-hydrogen) atoms. The lowest BCUT2D eigenvalue weighted by Crippen LogP contribution is -2.38. The van der Waals surface area contributed by atoms with E-state index >= 15 is 0 Å². The molecule has 5 rings (SSSR count). The van der Waals surface area contributed by atoms with Crippen molar-refractivity contribution < 1.29 is 0 Å². The molecule has 1 saturated heterocycles. The fraction of sp³-hybridized carbons (Fsp3) is 0.517. The van der Waals surface area contributed by atoms with Gasteiger partial charge in [0.25, 0.3) is 0 Å². The lowest BCUT2D eigenvalue weighted by molar-refractivity contribution is 0.171. The van der Waals surface area contributed by atoms with Crippen molar-refractivity contribution in [2.24, 2.45) is 0 Å². The zero-order valence-corrected chi connectivity index (χ0v) is 22.1. The first kappa shape index (κ1) is 25.5. The topological polar surface area (TPSA) is 67.9 Å². The number of hydrogen-bond acceptors (Lipinski definition) is 6. The Labute approximate surface area is 220 Å². The van der Waals surface area contributed by atoms with Crippen molar-refractivity contribution in [1.82, 2.24) is 39.8 Å². The van der Waals surface area contributed by atoms with E-state index in [2.05, 4.69) is 79.8 Å². The number of allylic oxidation sites excluding steroid dienone is 3. The maximum absolute atomic E-state index is 4.58. The molecule has 1 aliphatic heterocycles. The summed E-state index contributed by atoms with van der Waals surface area (Å²) in [5, 5.41) is 17.6. The molecule has 0 amide bonds. The van der Waals surface area contributed by atoms with Crippen molar-refractivity contribution in [2.75, 3.05) is 26.2 Å². The number of rotatable bonds is 10. The third kappa shape index (κ3) is 6.62. The molecule has 0 bridgehead atoms. The van der Waals surface area contributed by atoms with Gasteiger partial charge in [0.2, 0.25) is 0 Å². The van der Waals surface area contributed by atoms with Crippen LogP contribution in [0, 0.1) is 0 Å². The van der Waals surface area contributed by atoms with Crippen LogP contribution in [0.3, 0.4) is 0 Å². The van der Waals surface area contributed by atoms with Crippen molar-refractivity contribution in [3.05, 3.63) is 78.4 Å². The molecule has 2 aliphatic rings. The predicted octanol–water partition coefficient (Wildman–Crippen LogP) is 4.81. The third-order valence-electron chi connectivity index (χ3n) is 7.71. The molecule has 8 nitrogen and oxygen atoms in total. The lowest BCUT2D eigenvalue weighted by atomic mass is 10.1. The molecule has 2 fully saturated rings. The van der Waals surface area contributed by atoms with Gasteiger partial charge in [0.15, 0.2) is 5.82 Å². The lowest BCUT2D eigenvalue weighted by Gasteiger charge is -2.30. The highest BCUT2D eigenvalue weighted by Gasteiger charge is 2.30. The van der Waals surface area contributed by atoms with Gasteiger partial charge in [0, 0.05) is 38.1 Å². The van der Waals surface area contributed by atoms with E-state index in [4.69, 9.17) is 0 Å². The van der Waals surface area contributed by atoms with Gasteiger partial charge in [-0.25, -0.2) is 9.36 Å².